The lowest BCUT2D eigenvalue weighted by Crippen LogP contribution is -2.50. The van der Waals surface area contributed by atoms with Gasteiger partial charge in [-0.2, -0.15) is 0 Å². The van der Waals surface area contributed by atoms with E-state index in [-0.39, 0.29) is 12.0 Å². The van der Waals surface area contributed by atoms with Crippen LogP contribution in [0.5, 0.6) is 0 Å². The number of aromatic nitrogens is 2. The van der Waals surface area contributed by atoms with Crippen LogP contribution in [-0.2, 0) is 16.0 Å². The van der Waals surface area contributed by atoms with E-state index < -0.39 is 0 Å². The first-order valence-electron chi connectivity index (χ1n) is 7.08. The van der Waals surface area contributed by atoms with Gasteiger partial charge in [-0.05, 0) is 6.92 Å². The third-order valence-electron chi connectivity index (χ3n) is 3.28. The first-order valence-corrected chi connectivity index (χ1v) is 7.08. The molecule has 1 aliphatic rings. The normalized spacial score (nSPS) is 15.1. The number of rotatable bonds is 4. The Labute approximate surface area is 123 Å². The van der Waals surface area contributed by atoms with Crippen LogP contribution < -0.4 is 0 Å². The SMILES string of the molecule is CCOC(=O)N1CCN(C(=O)CCc2nnc(C)o2)CC1. The van der Waals surface area contributed by atoms with Crippen LogP contribution in [-0.4, -0.2) is 64.8 Å². The maximum atomic E-state index is 12.1. The number of aryl methyl sites for hydroxylation is 2. The second-order valence-corrected chi connectivity index (χ2v) is 4.78. The molecule has 2 heterocycles. The Bertz CT molecular complexity index is 494. The van der Waals surface area contributed by atoms with Gasteiger partial charge < -0.3 is 19.0 Å². The lowest BCUT2D eigenvalue weighted by atomic mass is 10.2. The van der Waals surface area contributed by atoms with Gasteiger partial charge in [-0.1, -0.05) is 0 Å². The molecule has 1 aromatic heterocycles. The molecule has 2 rings (SSSR count). The molecule has 2 amide bonds. The fraction of sp³-hybridized carbons (Fsp3) is 0.692. The Morgan fingerprint density at radius 1 is 1.19 bits per heavy atom. The summed E-state index contributed by atoms with van der Waals surface area (Å²) in [6.45, 7) is 5.92. The zero-order chi connectivity index (χ0) is 15.2. The van der Waals surface area contributed by atoms with Crippen molar-refractivity contribution < 1.29 is 18.7 Å². The van der Waals surface area contributed by atoms with Crippen molar-refractivity contribution in [2.45, 2.75) is 26.7 Å². The number of nitrogens with zero attached hydrogens (tertiary/aromatic N) is 4. The van der Waals surface area contributed by atoms with E-state index in [4.69, 9.17) is 9.15 Å². The van der Waals surface area contributed by atoms with E-state index in [1.54, 1.807) is 23.6 Å². The maximum absolute atomic E-state index is 12.1. The van der Waals surface area contributed by atoms with Gasteiger partial charge in [-0.3, -0.25) is 4.79 Å². The minimum absolute atomic E-state index is 0.0364. The van der Waals surface area contributed by atoms with Gasteiger partial charge in [0.1, 0.15) is 0 Å². The first kappa shape index (κ1) is 15.3. The van der Waals surface area contributed by atoms with Gasteiger partial charge in [0.05, 0.1) is 6.61 Å². The highest BCUT2D eigenvalue weighted by Crippen LogP contribution is 2.08. The van der Waals surface area contributed by atoms with Crippen LogP contribution in [0.1, 0.15) is 25.1 Å². The molecule has 0 unspecified atom stereocenters. The molecule has 1 fully saturated rings. The molecule has 0 bridgehead atoms. The fourth-order valence-corrected chi connectivity index (χ4v) is 2.16. The van der Waals surface area contributed by atoms with E-state index >= 15 is 0 Å². The van der Waals surface area contributed by atoms with E-state index in [1.165, 1.54) is 0 Å². The van der Waals surface area contributed by atoms with E-state index in [0.29, 0.717) is 57.4 Å². The predicted molar refractivity (Wildman–Crippen MR) is 72.5 cm³/mol. The van der Waals surface area contributed by atoms with Crippen molar-refractivity contribution in [3.8, 4) is 0 Å². The Balaban J connectivity index is 1.74. The second kappa shape index (κ2) is 7.05. The van der Waals surface area contributed by atoms with E-state index in [2.05, 4.69) is 10.2 Å². The largest absolute Gasteiger partial charge is 0.450 e. The molecule has 0 saturated carbocycles. The number of piperazine rings is 1. The Hall–Kier alpha value is -2.12. The third kappa shape index (κ3) is 4.17. The Morgan fingerprint density at radius 2 is 1.86 bits per heavy atom. The van der Waals surface area contributed by atoms with E-state index in [0.717, 1.165) is 0 Å². The number of carbonyl (C=O) groups is 2. The number of ether oxygens (including phenoxy) is 1. The zero-order valence-electron chi connectivity index (χ0n) is 12.4. The molecule has 0 atom stereocenters. The highest BCUT2D eigenvalue weighted by atomic mass is 16.6. The lowest BCUT2D eigenvalue weighted by molar-refractivity contribution is -0.132. The molecule has 8 heteroatoms. The van der Waals surface area contributed by atoms with Crippen molar-refractivity contribution in [3.05, 3.63) is 11.8 Å². The van der Waals surface area contributed by atoms with Crippen molar-refractivity contribution in [1.29, 1.82) is 0 Å². The summed E-state index contributed by atoms with van der Waals surface area (Å²) in [7, 11) is 0. The Morgan fingerprint density at radius 3 is 2.43 bits per heavy atom. The molecule has 116 valence electrons. The van der Waals surface area contributed by atoms with Crippen molar-refractivity contribution >= 4 is 12.0 Å². The van der Waals surface area contributed by atoms with Gasteiger partial charge >= 0.3 is 6.09 Å². The van der Waals surface area contributed by atoms with Gasteiger partial charge in [-0.25, -0.2) is 4.79 Å². The van der Waals surface area contributed by atoms with Gasteiger partial charge in [0.25, 0.3) is 0 Å². The summed E-state index contributed by atoms with van der Waals surface area (Å²) in [4.78, 5) is 27.0. The smallest absolute Gasteiger partial charge is 0.409 e. The molecule has 0 radical (unpaired) electrons. The molecule has 21 heavy (non-hydrogen) atoms. The highest BCUT2D eigenvalue weighted by molar-refractivity contribution is 5.77. The molecule has 1 aromatic rings. The summed E-state index contributed by atoms with van der Waals surface area (Å²) in [6.07, 6.45) is 0.463. The van der Waals surface area contributed by atoms with Crippen LogP contribution in [0.3, 0.4) is 0 Å². The van der Waals surface area contributed by atoms with Crippen LogP contribution in [0.4, 0.5) is 4.79 Å². The van der Waals surface area contributed by atoms with Crippen molar-refractivity contribution in [2.75, 3.05) is 32.8 Å². The second-order valence-electron chi connectivity index (χ2n) is 4.78. The predicted octanol–water partition coefficient (Wildman–Crippen LogP) is 0.611. The maximum Gasteiger partial charge on any atom is 0.409 e. The topological polar surface area (TPSA) is 88.8 Å². The summed E-state index contributed by atoms with van der Waals surface area (Å²) < 4.78 is 10.2. The van der Waals surface area contributed by atoms with Crippen LogP contribution in [0, 0.1) is 6.92 Å². The average molecular weight is 296 g/mol. The third-order valence-corrected chi connectivity index (χ3v) is 3.28. The van der Waals surface area contributed by atoms with Crippen molar-refractivity contribution in [2.24, 2.45) is 0 Å². The summed E-state index contributed by atoms with van der Waals surface area (Å²) in [5, 5.41) is 7.59. The molecule has 0 aromatic carbocycles. The number of hydrogen-bond acceptors (Lipinski definition) is 6. The number of amides is 2. The van der Waals surface area contributed by atoms with E-state index in [1.807, 2.05) is 0 Å². The Kier molecular flexibility index (Phi) is 5.13. The van der Waals surface area contributed by atoms with Crippen LogP contribution >= 0.6 is 0 Å². The van der Waals surface area contributed by atoms with Crippen LogP contribution in [0.15, 0.2) is 4.42 Å². The highest BCUT2D eigenvalue weighted by Gasteiger charge is 2.24. The quantitative estimate of drug-likeness (QED) is 0.809. The molecule has 8 nitrogen and oxygen atoms in total. The van der Waals surface area contributed by atoms with Gasteiger partial charge in [-0.15, -0.1) is 10.2 Å². The fourth-order valence-electron chi connectivity index (χ4n) is 2.16. The van der Waals surface area contributed by atoms with Crippen LogP contribution in [0.25, 0.3) is 0 Å². The summed E-state index contributed by atoms with van der Waals surface area (Å²) >= 11 is 0. The first-order chi connectivity index (χ1) is 10.1. The zero-order valence-corrected chi connectivity index (χ0v) is 12.4. The summed E-state index contributed by atoms with van der Waals surface area (Å²) in [5.41, 5.74) is 0. The summed E-state index contributed by atoms with van der Waals surface area (Å²) in [5.74, 6) is 1.01. The van der Waals surface area contributed by atoms with Gasteiger partial charge in [0.15, 0.2) is 0 Å². The summed E-state index contributed by atoms with van der Waals surface area (Å²) in [6, 6.07) is 0. The molecule has 0 spiro atoms. The average Bonchev–Trinajstić information content (AvgIpc) is 2.91. The number of hydrogen-bond donors (Lipinski definition) is 0. The standard InChI is InChI=1S/C13H20N4O4/c1-3-20-13(19)17-8-6-16(7-9-17)12(18)5-4-11-15-14-10(2)21-11/h3-9H2,1-2H3. The monoisotopic (exact) mass is 296 g/mol. The number of carbonyl (C=O) groups excluding carboxylic acids is 2. The minimum Gasteiger partial charge on any atom is -0.450 e. The minimum atomic E-state index is -0.314. The van der Waals surface area contributed by atoms with Crippen molar-refractivity contribution in [3.63, 3.8) is 0 Å². The molecule has 1 saturated heterocycles. The molecule has 1 aliphatic heterocycles. The van der Waals surface area contributed by atoms with Crippen molar-refractivity contribution in [1.82, 2.24) is 20.0 Å². The molecular formula is C13H20N4O4. The van der Waals surface area contributed by atoms with Gasteiger partial charge in [0, 0.05) is 45.9 Å². The molecule has 0 N–H and O–H groups in total. The van der Waals surface area contributed by atoms with Gasteiger partial charge in [0.2, 0.25) is 17.7 Å². The molecule has 0 aliphatic carbocycles. The lowest BCUT2D eigenvalue weighted by Gasteiger charge is -2.34. The molecular weight excluding hydrogens is 276 g/mol. The van der Waals surface area contributed by atoms with Crippen LogP contribution in [0.2, 0.25) is 0 Å². The van der Waals surface area contributed by atoms with E-state index in [9.17, 15) is 9.59 Å².